The van der Waals surface area contributed by atoms with Crippen LogP contribution < -0.4 is 29.6 Å². The minimum absolute atomic E-state index is 0. The molecule has 0 N–H and O–H groups in total. The molecule has 6 nitrogen and oxygen atoms in total. The number of hydrogen-bond donors (Lipinski definition) is 0. The van der Waals surface area contributed by atoms with Crippen molar-refractivity contribution in [3.8, 4) is 0 Å². The van der Waals surface area contributed by atoms with Crippen LogP contribution in [0.3, 0.4) is 0 Å². The summed E-state index contributed by atoms with van der Waals surface area (Å²) in [6.45, 7) is 3.94. The summed E-state index contributed by atoms with van der Waals surface area (Å²) in [7, 11) is 3.94. The van der Waals surface area contributed by atoms with Gasteiger partial charge in [-0.15, -0.1) is 0 Å². The van der Waals surface area contributed by atoms with E-state index in [1.165, 1.54) is 0 Å². The Labute approximate surface area is 146 Å². The Morgan fingerprint density at radius 2 is 1.20 bits per heavy atom. The zero-order valence-corrected chi connectivity index (χ0v) is 16.4. The smallest absolute Gasteiger partial charge is 0.748 e. The summed E-state index contributed by atoms with van der Waals surface area (Å²) in [5.41, 5.74) is 0. The van der Waals surface area contributed by atoms with Gasteiger partial charge < -0.3 is 19.3 Å². The first kappa shape index (κ1) is 23.1. The van der Waals surface area contributed by atoms with Crippen LogP contribution in [0.25, 0.3) is 0 Å². The molecule has 0 atom stereocenters. The molecule has 0 bridgehead atoms. The zero-order valence-electron chi connectivity index (χ0n) is 13.6. The van der Waals surface area contributed by atoms with Crippen molar-refractivity contribution in [1.82, 2.24) is 14.7 Å². The van der Waals surface area contributed by atoms with Gasteiger partial charge in [-0.05, 0) is 67.2 Å². The predicted molar refractivity (Wildman–Crippen MR) is 77.3 cm³/mol. The van der Waals surface area contributed by atoms with Gasteiger partial charge in [0.15, 0.2) is 0 Å². The average Bonchev–Trinajstić information content (AvgIpc) is 2.23. The summed E-state index contributed by atoms with van der Waals surface area (Å²) < 4.78 is 32.1. The summed E-state index contributed by atoms with van der Waals surface area (Å²) >= 11 is 0. The van der Waals surface area contributed by atoms with Crippen molar-refractivity contribution >= 4 is 10.1 Å². The third-order valence-corrected chi connectivity index (χ3v) is 3.50. The number of hydrogen-bond acceptors (Lipinski definition) is 6. The van der Waals surface area contributed by atoms with Gasteiger partial charge in [-0.3, -0.25) is 0 Å². The number of nitrogens with zero attached hydrogens (tertiary/aromatic N) is 3. The third-order valence-electron chi connectivity index (χ3n) is 2.82. The molecule has 116 valence electrons. The molecule has 0 fully saturated rings. The Morgan fingerprint density at radius 1 is 0.800 bits per heavy atom. The van der Waals surface area contributed by atoms with Gasteiger partial charge in [-0.2, -0.15) is 0 Å². The van der Waals surface area contributed by atoms with E-state index >= 15 is 0 Å². The molecule has 0 unspecified atom stereocenters. The van der Waals surface area contributed by atoms with Gasteiger partial charge in [-0.1, -0.05) is 0 Å². The predicted octanol–water partition coefficient (Wildman–Crippen LogP) is -3.26. The second-order valence-electron chi connectivity index (χ2n) is 5.42. The van der Waals surface area contributed by atoms with E-state index in [0.717, 1.165) is 39.0 Å². The molecule has 20 heavy (non-hydrogen) atoms. The van der Waals surface area contributed by atoms with Crippen LogP contribution >= 0.6 is 0 Å². The third kappa shape index (κ3) is 16.8. The van der Waals surface area contributed by atoms with E-state index in [1.807, 2.05) is 28.2 Å². The minimum Gasteiger partial charge on any atom is -0.748 e. The summed E-state index contributed by atoms with van der Waals surface area (Å²) in [6.07, 6.45) is 1.96. The largest absolute Gasteiger partial charge is 1.00 e. The molecule has 8 heteroatoms. The maximum absolute atomic E-state index is 10.7. The second kappa shape index (κ2) is 12.3. The molecule has 0 aliphatic rings. The molecule has 0 rings (SSSR count). The van der Waals surface area contributed by atoms with Gasteiger partial charge in [0.05, 0.1) is 15.9 Å². The molecule has 0 radical (unpaired) electrons. The van der Waals surface area contributed by atoms with Gasteiger partial charge in [0.1, 0.15) is 0 Å². The molecule has 0 heterocycles. The van der Waals surface area contributed by atoms with Crippen molar-refractivity contribution in [1.29, 1.82) is 0 Å². The standard InChI is InChI=1S/C12H29N3O3S.Na/c1-13(2)7-5-9-15(10-6-8-14(3)4)11-12-19(16,17)18;/h5-12H2,1-4H3,(H,16,17,18);/q;+1/p-1. The molecule has 0 aromatic rings. The van der Waals surface area contributed by atoms with Crippen LogP contribution in [0, 0.1) is 0 Å². The van der Waals surface area contributed by atoms with Crippen molar-refractivity contribution < 1.29 is 42.5 Å². The van der Waals surface area contributed by atoms with Crippen LogP contribution in [0.5, 0.6) is 0 Å². The second-order valence-corrected chi connectivity index (χ2v) is 6.94. The monoisotopic (exact) mass is 317 g/mol. The topological polar surface area (TPSA) is 66.9 Å². The van der Waals surface area contributed by atoms with Crippen molar-refractivity contribution in [2.75, 3.05) is 66.7 Å². The SMILES string of the molecule is CN(C)CCCN(CCCN(C)C)CCS(=O)(=O)[O-].[Na+]. The quantitative estimate of drug-likeness (QED) is 0.294. The Hall–Kier alpha value is 0.790. The molecular formula is C12H28N3NaO3S. The molecule has 0 saturated carbocycles. The first-order valence-corrected chi connectivity index (χ1v) is 8.24. The van der Waals surface area contributed by atoms with Crippen molar-refractivity contribution in [3.05, 3.63) is 0 Å². The molecule has 0 aliphatic carbocycles. The fourth-order valence-electron chi connectivity index (χ4n) is 1.80. The van der Waals surface area contributed by atoms with E-state index in [-0.39, 0.29) is 35.3 Å². The van der Waals surface area contributed by atoms with Gasteiger partial charge in [0.2, 0.25) is 0 Å². The van der Waals surface area contributed by atoms with Crippen LogP contribution in [0.1, 0.15) is 12.8 Å². The van der Waals surface area contributed by atoms with Gasteiger partial charge in [0.25, 0.3) is 0 Å². The van der Waals surface area contributed by atoms with Crippen molar-refractivity contribution in [2.24, 2.45) is 0 Å². The van der Waals surface area contributed by atoms with Gasteiger partial charge in [0, 0.05) is 6.54 Å². The summed E-state index contributed by atoms with van der Waals surface area (Å²) in [5, 5.41) is 0. The maximum Gasteiger partial charge on any atom is 1.00 e. The first-order chi connectivity index (χ1) is 8.70. The Morgan fingerprint density at radius 3 is 1.50 bits per heavy atom. The molecule has 0 aliphatic heterocycles. The van der Waals surface area contributed by atoms with E-state index in [1.54, 1.807) is 0 Å². The molecule has 0 spiro atoms. The van der Waals surface area contributed by atoms with E-state index in [0.29, 0.717) is 6.54 Å². The van der Waals surface area contributed by atoms with Crippen molar-refractivity contribution in [3.63, 3.8) is 0 Å². The average molecular weight is 317 g/mol. The summed E-state index contributed by atoms with van der Waals surface area (Å²) in [6, 6.07) is 0. The van der Waals surface area contributed by atoms with Crippen LogP contribution in [-0.4, -0.2) is 94.3 Å². The minimum atomic E-state index is -4.11. The van der Waals surface area contributed by atoms with E-state index < -0.39 is 10.1 Å². The summed E-state index contributed by atoms with van der Waals surface area (Å²) in [5.74, 6) is -0.295. The Balaban J connectivity index is 0. The number of rotatable bonds is 11. The van der Waals surface area contributed by atoms with Crippen LogP contribution in [-0.2, 0) is 10.1 Å². The van der Waals surface area contributed by atoms with E-state index in [2.05, 4.69) is 14.7 Å². The van der Waals surface area contributed by atoms with E-state index in [9.17, 15) is 13.0 Å². The van der Waals surface area contributed by atoms with Crippen molar-refractivity contribution in [2.45, 2.75) is 12.8 Å². The van der Waals surface area contributed by atoms with Crippen LogP contribution in [0.2, 0.25) is 0 Å². The van der Waals surface area contributed by atoms with E-state index in [4.69, 9.17) is 0 Å². The molecule has 0 aromatic carbocycles. The molecular weight excluding hydrogens is 289 g/mol. The maximum atomic E-state index is 10.7. The van der Waals surface area contributed by atoms with Gasteiger partial charge >= 0.3 is 29.6 Å². The zero-order chi connectivity index (χ0) is 14.9. The Kier molecular flexibility index (Phi) is 14.2. The molecule has 0 saturated heterocycles. The first-order valence-electron chi connectivity index (χ1n) is 6.66. The molecule has 0 aromatic heterocycles. The fourth-order valence-corrected chi connectivity index (χ4v) is 2.28. The van der Waals surface area contributed by atoms with Crippen LogP contribution in [0.15, 0.2) is 0 Å². The van der Waals surface area contributed by atoms with Crippen LogP contribution in [0.4, 0.5) is 0 Å². The normalized spacial score (nSPS) is 12.2. The Bertz CT molecular complexity index is 310. The fraction of sp³-hybridized carbons (Fsp3) is 1.00. The van der Waals surface area contributed by atoms with Gasteiger partial charge in [-0.25, -0.2) is 8.42 Å². The molecule has 0 amide bonds. The summed E-state index contributed by atoms with van der Waals surface area (Å²) in [4.78, 5) is 6.27.